The first-order valence-corrected chi connectivity index (χ1v) is 7.10. The molecule has 0 aliphatic heterocycles. The highest BCUT2D eigenvalue weighted by Crippen LogP contribution is 2.27. The Morgan fingerprint density at radius 3 is 2.95 bits per heavy atom. The van der Waals surface area contributed by atoms with Gasteiger partial charge in [-0.25, -0.2) is 14.4 Å². The van der Waals surface area contributed by atoms with Gasteiger partial charge in [0.05, 0.1) is 20.6 Å². The summed E-state index contributed by atoms with van der Waals surface area (Å²) in [5, 5.41) is 4.11. The molecule has 6 heteroatoms. The van der Waals surface area contributed by atoms with E-state index >= 15 is 0 Å². The van der Waals surface area contributed by atoms with E-state index < -0.39 is 0 Å². The van der Waals surface area contributed by atoms with Crippen molar-refractivity contribution in [2.24, 2.45) is 0 Å². The average molecular weight is 288 g/mol. The zero-order valence-corrected chi connectivity index (χ0v) is 12.2. The summed E-state index contributed by atoms with van der Waals surface area (Å²) in [5.74, 6) is 0.510. The SMILES string of the molecule is C[NH+](C)CCCNc1ncnc2c1[nH]c1ccc(F)cc12. The second kappa shape index (κ2) is 5.65. The van der Waals surface area contributed by atoms with Gasteiger partial charge in [0.1, 0.15) is 23.2 Å². The van der Waals surface area contributed by atoms with E-state index in [0.717, 1.165) is 47.3 Å². The van der Waals surface area contributed by atoms with Gasteiger partial charge in [0.15, 0.2) is 5.82 Å². The molecule has 0 unspecified atom stereocenters. The molecule has 21 heavy (non-hydrogen) atoms. The van der Waals surface area contributed by atoms with Crippen LogP contribution in [0.5, 0.6) is 0 Å². The molecule has 0 bridgehead atoms. The van der Waals surface area contributed by atoms with E-state index in [9.17, 15) is 4.39 Å². The molecule has 0 amide bonds. The lowest BCUT2D eigenvalue weighted by atomic mass is 10.2. The van der Waals surface area contributed by atoms with Crippen molar-refractivity contribution >= 4 is 27.8 Å². The number of hydrogen-bond acceptors (Lipinski definition) is 3. The van der Waals surface area contributed by atoms with Crippen molar-refractivity contribution in [3.05, 3.63) is 30.3 Å². The summed E-state index contributed by atoms with van der Waals surface area (Å²) in [4.78, 5) is 13.2. The van der Waals surface area contributed by atoms with Crippen LogP contribution in [-0.2, 0) is 0 Å². The Morgan fingerprint density at radius 1 is 1.29 bits per heavy atom. The van der Waals surface area contributed by atoms with E-state index in [1.807, 2.05) is 0 Å². The lowest BCUT2D eigenvalue weighted by Gasteiger charge is -2.08. The van der Waals surface area contributed by atoms with Crippen LogP contribution in [0, 0.1) is 5.82 Å². The van der Waals surface area contributed by atoms with Crippen LogP contribution in [0.25, 0.3) is 21.9 Å². The first-order chi connectivity index (χ1) is 10.1. The molecule has 0 spiro atoms. The number of benzene rings is 1. The van der Waals surface area contributed by atoms with Crippen molar-refractivity contribution in [1.82, 2.24) is 15.0 Å². The fourth-order valence-corrected chi connectivity index (χ4v) is 2.45. The second-order valence-electron chi connectivity index (χ2n) is 5.50. The zero-order valence-electron chi connectivity index (χ0n) is 12.2. The van der Waals surface area contributed by atoms with E-state index in [1.165, 1.54) is 23.4 Å². The topological polar surface area (TPSA) is 58.0 Å². The van der Waals surface area contributed by atoms with Crippen LogP contribution >= 0.6 is 0 Å². The minimum atomic E-state index is -0.259. The van der Waals surface area contributed by atoms with E-state index in [-0.39, 0.29) is 5.82 Å². The zero-order chi connectivity index (χ0) is 14.8. The average Bonchev–Trinajstić information content (AvgIpc) is 2.82. The van der Waals surface area contributed by atoms with Crippen molar-refractivity contribution in [1.29, 1.82) is 0 Å². The summed E-state index contributed by atoms with van der Waals surface area (Å²) < 4.78 is 13.4. The van der Waals surface area contributed by atoms with Gasteiger partial charge >= 0.3 is 0 Å². The third-order valence-corrected chi connectivity index (χ3v) is 3.49. The van der Waals surface area contributed by atoms with Gasteiger partial charge in [-0.3, -0.25) is 0 Å². The molecule has 0 radical (unpaired) electrons. The summed E-state index contributed by atoms with van der Waals surface area (Å²) >= 11 is 0. The number of aromatic amines is 1. The van der Waals surface area contributed by atoms with Crippen molar-refractivity contribution in [3.63, 3.8) is 0 Å². The Morgan fingerprint density at radius 2 is 2.14 bits per heavy atom. The first-order valence-electron chi connectivity index (χ1n) is 7.10. The van der Waals surface area contributed by atoms with Gasteiger partial charge < -0.3 is 15.2 Å². The van der Waals surface area contributed by atoms with Crippen LogP contribution in [0.1, 0.15) is 6.42 Å². The summed E-state index contributed by atoms with van der Waals surface area (Å²) in [6, 6.07) is 4.67. The molecule has 0 atom stereocenters. The van der Waals surface area contributed by atoms with Crippen LogP contribution in [0.15, 0.2) is 24.5 Å². The number of fused-ring (bicyclic) bond motifs is 3. The van der Waals surface area contributed by atoms with Crippen LogP contribution in [0.4, 0.5) is 10.2 Å². The number of anilines is 1. The molecule has 0 saturated heterocycles. The predicted molar refractivity (Wildman–Crippen MR) is 82.1 cm³/mol. The highest BCUT2D eigenvalue weighted by atomic mass is 19.1. The normalized spacial score (nSPS) is 11.6. The smallest absolute Gasteiger partial charge is 0.153 e. The third-order valence-electron chi connectivity index (χ3n) is 3.49. The standard InChI is InChI=1S/C15H18FN5/c1-21(2)7-3-6-17-15-14-13(18-9-19-15)11-8-10(16)4-5-12(11)20-14/h4-5,8-9,20H,3,6-7H2,1-2H3,(H,17,18,19)/p+1. The number of nitrogens with one attached hydrogen (secondary N) is 3. The largest absolute Gasteiger partial charge is 0.368 e. The molecule has 1 aromatic carbocycles. The summed E-state index contributed by atoms with van der Waals surface area (Å²) in [5.41, 5.74) is 2.45. The number of H-pyrrole nitrogens is 1. The molecular formula is C15H19FN5+. The van der Waals surface area contributed by atoms with Crippen molar-refractivity contribution in [2.45, 2.75) is 6.42 Å². The summed E-state index contributed by atoms with van der Waals surface area (Å²) in [6.45, 7) is 1.94. The molecule has 3 aromatic rings. The quantitative estimate of drug-likeness (QED) is 0.618. The molecule has 3 rings (SSSR count). The first kappa shape index (κ1) is 13.8. The lowest BCUT2D eigenvalue weighted by molar-refractivity contribution is -0.858. The molecule has 110 valence electrons. The molecule has 0 fully saturated rings. The van der Waals surface area contributed by atoms with Crippen LogP contribution in [0.3, 0.4) is 0 Å². The molecule has 0 saturated carbocycles. The van der Waals surface area contributed by atoms with Gasteiger partial charge in [-0.2, -0.15) is 0 Å². The molecule has 2 aromatic heterocycles. The summed E-state index contributed by atoms with van der Waals surface area (Å²) in [6.07, 6.45) is 2.57. The molecule has 3 N–H and O–H groups in total. The van der Waals surface area contributed by atoms with Gasteiger partial charge in [0, 0.05) is 23.9 Å². The lowest BCUT2D eigenvalue weighted by Crippen LogP contribution is -3.05. The van der Waals surface area contributed by atoms with Gasteiger partial charge in [-0.1, -0.05) is 0 Å². The van der Waals surface area contributed by atoms with Gasteiger partial charge in [0.2, 0.25) is 0 Å². The van der Waals surface area contributed by atoms with Crippen molar-refractivity contribution < 1.29 is 9.29 Å². The maximum atomic E-state index is 13.4. The van der Waals surface area contributed by atoms with Crippen LogP contribution in [-0.4, -0.2) is 42.1 Å². The minimum absolute atomic E-state index is 0.259. The van der Waals surface area contributed by atoms with Crippen molar-refractivity contribution in [3.8, 4) is 0 Å². The van der Waals surface area contributed by atoms with Crippen LogP contribution in [0.2, 0.25) is 0 Å². The highest BCUT2D eigenvalue weighted by Gasteiger charge is 2.10. The van der Waals surface area contributed by atoms with Crippen LogP contribution < -0.4 is 10.2 Å². The van der Waals surface area contributed by atoms with E-state index in [1.54, 1.807) is 6.07 Å². The number of rotatable bonds is 5. The Labute approximate surface area is 122 Å². The monoisotopic (exact) mass is 288 g/mol. The fraction of sp³-hybridized carbons (Fsp3) is 0.333. The van der Waals surface area contributed by atoms with Gasteiger partial charge in [-0.15, -0.1) is 0 Å². The number of hydrogen-bond donors (Lipinski definition) is 3. The minimum Gasteiger partial charge on any atom is -0.368 e. The number of halogens is 1. The Hall–Kier alpha value is -2.21. The van der Waals surface area contributed by atoms with E-state index in [0.29, 0.717) is 0 Å². The second-order valence-corrected chi connectivity index (χ2v) is 5.50. The number of aromatic nitrogens is 3. The van der Waals surface area contributed by atoms with Crippen molar-refractivity contribution in [2.75, 3.05) is 32.5 Å². The molecule has 0 aliphatic rings. The molecule has 5 nitrogen and oxygen atoms in total. The molecular weight excluding hydrogens is 269 g/mol. The molecule has 0 aliphatic carbocycles. The Bertz CT molecular complexity index is 765. The van der Waals surface area contributed by atoms with E-state index in [4.69, 9.17) is 0 Å². The van der Waals surface area contributed by atoms with E-state index in [2.05, 4.69) is 34.4 Å². The van der Waals surface area contributed by atoms with Gasteiger partial charge in [0.25, 0.3) is 0 Å². The predicted octanol–water partition coefficient (Wildman–Crippen LogP) is 1.20. The molecule has 2 heterocycles. The maximum absolute atomic E-state index is 13.4. The third kappa shape index (κ3) is 2.80. The Balaban J connectivity index is 1.91. The number of quaternary nitrogens is 1. The fourth-order valence-electron chi connectivity index (χ4n) is 2.45. The number of nitrogens with zero attached hydrogens (tertiary/aromatic N) is 2. The highest BCUT2D eigenvalue weighted by molar-refractivity contribution is 6.07. The van der Waals surface area contributed by atoms with Gasteiger partial charge in [-0.05, 0) is 18.2 Å². The Kier molecular flexibility index (Phi) is 3.70. The summed E-state index contributed by atoms with van der Waals surface area (Å²) in [7, 11) is 4.27. The maximum Gasteiger partial charge on any atom is 0.153 e.